The Morgan fingerprint density at radius 3 is 2.56 bits per heavy atom. The zero-order valence-electron chi connectivity index (χ0n) is 14.0. The van der Waals surface area contributed by atoms with E-state index in [2.05, 4.69) is 26.1 Å². The zero-order valence-corrected chi connectivity index (χ0v) is 15.6. The van der Waals surface area contributed by atoms with Gasteiger partial charge in [0, 0.05) is 19.6 Å². The van der Waals surface area contributed by atoms with Crippen LogP contribution in [0.15, 0.2) is 45.5 Å². The number of methoxy groups -OCH3 is 1. The molecule has 6 nitrogen and oxygen atoms in total. The first-order chi connectivity index (χ1) is 12.2. The second-order valence-electron chi connectivity index (χ2n) is 5.75. The summed E-state index contributed by atoms with van der Waals surface area (Å²) in [6.45, 7) is 3.55. The van der Waals surface area contributed by atoms with Gasteiger partial charge in [0.15, 0.2) is 10.4 Å². The van der Waals surface area contributed by atoms with E-state index in [1.807, 2.05) is 24.3 Å². The van der Waals surface area contributed by atoms with Gasteiger partial charge in [-0.1, -0.05) is 12.1 Å². The number of carbonyl (C=O) groups excluding carboxylic acids is 1. The number of nitrogens with one attached hydrogen (secondary N) is 1. The van der Waals surface area contributed by atoms with Crippen LogP contribution >= 0.6 is 15.9 Å². The highest BCUT2D eigenvalue weighted by Gasteiger charge is 2.24. The minimum Gasteiger partial charge on any atom is -0.497 e. The van der Waals surface area contributed by atoms with E-state index in [-0.39, 0.29) is 11.9 Å². The molecule has 0 spiro atoms. The minimum atomic E-state index is -0.225. The summed E-state index contributed by atoms with van der Waals surface area (Å²) in [6, 6.07) is 11.4. The van der Waals surface area contributed by atoms with E-state index in [0.29, 0.717) is 30.2 Å². The molecule has 0 unspecified atom stereocenters. The lowest BCUT2D eigenvalue weighted by Crippen LogP contribution is -2.43. The van der Waals surface area contributed by atoms with Crippen LogP contribution in [-0.4, -0.2) is 50.8 Å². The molecular weight excluding hydrogens is 388 g/mol. The number of amides is 1. The molecule has 1 N–H and O–H groups in total. The fourth-order valence-electron chi connectivity index (χ4n) is 2.89. The molecule has 25 heavy (non-hydrogen) atoms. The molecule has 1 amide bonds. The molecule has 3 rings (SSSR count). The predicted octanol–water partition coefficient (Wildman–Crippen LogP) is 2.85. The molecule has 7 heteroatoms. The summed E-state index contributed by atoms with van der Waals surface area (Å²) >= 11 is 3.21. The summed E-state index contributed by atoms with van der Waals surface area (Å²) in [5.74, 6) is 0.883. The summed E-state index contributed by atoms with van der Waals surface area (Å²) < 4.78 is 16.5. The van der Waals surface area contributed by atoms with Crippen molar-refractivity contribution < 1.29 is 18.7 Å². The van der Waals surface area contributed by atoms with Gasteiger partial charge >= 0.3 is 0 Å². The lowest BCUT2D eigenvalue weighted by Gasteiger charge is -2.34. The smallest absolute Gasteiger partial charge is 0.287 e. The van der Waals surface area contributed by atoms with Gasteiger partial charge in [0.2, 0.25) is 0 Å². The Hall–Kier alpha value is -1.83. The van der Waals surface area contributed by atoms with E-state index < -0.39 is 0 Å². The Morgan fingerprint density at radius 2 is 1.96 bits per heavy atom. The van der Waals surface area contributed by atoms with Gasteiger partial charge in [0.05, 0.1) is 26.4 Å². The maximum absolute atomic E-state index is 12.3. The number of furan rings is 1. The number of nitrogens with zero attached hydrogens (tertiary/aromatic N) is 1. The number of hydrogen-bond donors (Lipinski definition) is 1. The number of halogens is 1. The van der Waals surface area contributed by atoms with E-state index in [0.717, 1.165) is 24.4 Å². The first-order valence-electron chi connectivity index (χ1n) is 8.16. The fourth-order valence-corrected chi connectivity index (χ4v) is 3.19. The molecular formula is C18H21BrN2O4. The Kier molecular flexibility index (Phi) is 6.12. The first-order valence-corrected chi connectivity index (χ1v) is 8.96. The van der Waals surface area contributed by atoms with Crippen molar-refractivity contribution in [2.75, 3.05) is 40.0 Å². The maximum atomic E-state index is 12.3. The zero-order chi connectivity index (χ0) is 17.6. The van der Waals surface area contributed by atoms with Crippen molar-refractivity contribution in [3.63, 3.8) is 0 Å². The van der Waals surface area contributed by atoms with Crippen LogP contribution in [0.25, 0.3) is 0 Å². The van der Waals surface area contributed by atoms with Gasteiger partial charge in [-0.3, -0.25) is 9.69 Å². The average Bonchev–Trinajstić information content (AvgIpc) is 3.10. The molecule has 0 aliphatic carbocycles. The number of hydrogen-bond acceptors (Lipinski definition) is 5. The van der Waals surface area contributed by atoms with Crippen molar-refractivity contribution in [3.8, 4) is 5.75 Å². The van der Waals surface area contributed by atoms with Crippen molar-refractivity contribution in [1.82, 2.24) is 10.2 Å². The molecule has 2 heterocycles. The standard InChI is InChI=1S/C18H21BrN2O4/c1-23-14-4-2-13(3-5-14)15(21-8-10-24-11-9-21)12-20-18(22)16-6-7-17(19)25-16/h2-7,15H,8-12H2,1H3,(H,20,22)/t15-/m1/s1. The monoisotopic (exact) mass is 408 g/mol. The van der Waals surface area contributed by atoms with Gasteiger partial charge in [-0.15, -0.1) is 0 Å². The first kappa shape index (κ1) is 18.0. The fraction of sp³-hybridized carbons (Fsp3) is 0.389. The van der Waals surface area contributed by atoms with E-state index in [1.165, 1.54) is 0 Å². The third-order valence-electron chi connectivity index (χ3n) is 4.24. The van der Waals surface area contributed by atoms with E-state index >= 15 is 0 Å². The molecule has 0 saturated carbocycles. The van der Waals surface area contributed by atoms with Gasteiger partial charge in [0.1, 0.15) is 5.75 Å². The summed E-state index contributed by atoms with van der Waals surface area (Å²) in [4.78, 5) is 14.6. The van der Waals surface area contributed by atoms with Crippen molar-refractivity contribution in [1.29, 1.82) is 0 Å². The van der Waals surface area contributed by atoms with Crippen molar-refractivity contribution in [2.24, 2.45) is 0 Å². The number of rotatable bonds is 6. The highest BCUT2D eigenvalue weighted by molar-refractivity contribution is 9.10. The molecule has 1 fully saturated rings. The molecule has 1 aliphatic heterocycles. The molecule has 1 saturated heterocycles. The SMILES string of the molecule is COc1ccc([C@@H](CNC(=O)c2ccc(Br)o2)N2CCOCC2)cc1. The van der Waals surface area contributed by atoms with Crippen LogP contribution in [0.3, 0.4) is 0 Å². The number of ether oxygens (including phenoxy) is 2. The lowest BCUT2D eigenvalue weighted by atomic mass is 10.0. The van der Waals surface area contributed by atoms with Crippen LogP contribution in [0, 0.1) is 0 Å². The second-order valence-corrected chi connectivity index (χ2v) is 6.53. The molecule has 134 valence electrons. The van der Waals surface area contributed by atoms with Crippen LogP contribution in [0.2, 0.25) is 0 Å². The van der Waals surface area contributed by atoms with Gasteiger partial charge in [-0.2, -0.15) is 0 Å². The Bertz CT molecular complexity index is 695. The second kappa shape index (κ2) is 8.51. The number of morpholine rings is 1. The highest BCUT2D eigenvalue weighted by atomic mass is 79.9. The van der Waals surface area contributed by atoms with Gasteiger partial charge in [-0.05, 0) is 45.8 Å². The minimum absolute atomic E-state index is 0.0668. The van der Waals surface area contributed by atoms with E-state index in [4.69, 9.17) is 13.9 Å². The van der Waals surface area contributed by atoms with Gasteiger partial charge in [0.25, 0.3) is 5.91 Å². The average molecular weight is 409 g/mol. The third-order valence-corrected chi connectivity index (χ3v) is 4.67. The molecule has 0 radical (unpaired) electrons. The quantitative estimate of drug-likeness (QED) is 0.795. The number of benzene rings is 1. The van der Waals surface area contributed by atoms with Gasteiger partial charge < -0.3 is 19.2 Å². The maximum Gasteiger partial charge on any atom is 0.287 e. The molecule has 0 bridgehead atoms. The van der Waals surface area contributed by atoms with Crippen molar-refractivity contribution >= 4 is 21.8 Å². The predicted molar refractivity (Wildman–Crippen MR) is 96.9 cm³/mol. The normalized spacial score (nSPS) is 16.4. The highest BCUT2D eigenvalue weighted by Crippen LogP contribution is 2.24. The largest absolute Gasteiger partial charge is 0.497 e. The summed E-state index contributed by atoms with van der Waals surface area (Å²) in [5.41, 5.74) is 1.13. The van der Waals surface area contributed by atoms with Crippen molar-refractivity contribution in [2.45, 2.75) is 6.04 Å². The van der Waals surface area contributed by atoms with Crippen LogP contribution in [-0.2, 0) is 4.74 Å². The lowest BCUT2D eigenvalue weighted by molar-refractivity contribution is 0.0161. The Balaban J connectivity index is 1.72. The summed E-state index contributed by atoms with van der Waals surface area (Å²) in [6.07, 6.45) is 0. The summed E-state index contributed by atoms with van der Waals surface area (Å²) in [7, 11) is 1.65. The Labute approximate surface area is 155 Å². The molecule has 1 aromatic carbocycles. The van der Waals surface area contributed by atoms with Crippen LogP contribution in [0.1, 0.15) is 22.2 Å². The molecule has 1 aromatic heterocycles. The van der Waals surface area contributed by atoms with Crippen molar-refractivity contribution in [3.05, 3.63) is 52.4 Å². The van der Waals surface area contributed by atoms with Crippen LogP contribution < -0.4 is 10.1 Å². The van der Waals surface area contributed by atoms with E-state index in [1.54, 1.807) is 19.2 Å². The molecule has 1 aliphatic rings. The Morgan fingerprint density at radius 1 is 1.24 bits per heavy atom. The van der Waals surface area contributed by atoms with Gasteiger partial charge in [-0.25, -0.2) is 0 Å². The topological polar surface area (TPSA) is 63.9 Å². The molecule has 1 atom stereocenters. The third kappa shape index (κ3) is 4.62. The molecule has 2 aromatic rings. The number of carbonyl (C=O) groups is 1. The summed E-state index contributed by atoms with van der Waals surface area (Å²) in [5, 5.41) is 2.97. The van der Waals surface area contributed by atoms with E-state index in [9.17, 15) is 4.79 Å². The van der Waals surface area contributed by atoms with Crippen LogP contribution in [0.4, 0.5) is 0 Å². The van der Waals surface area contributed by atoms with Crippen LogP contribution in [0.5, 0.6) is 5.75 Å².